The Kier molecular flexibility index (Phi) is 1.93. The fourth-order valence-corrected chi connectivity index (χ4v) is 0.740. The van der Waals surface area contributed by atoms with Gasteiger partial charge in [0.25, 0.3) is 0 Å². The minimum atomic E-state index is 0.486. The number of hydrogen-bond donors (Lipinski definition) is 0. The van der Waals surface area contributed by atoms with Crippen molar-refractivity contribution in [2.45, 2.75) is 6.61 Å². The maximum absolute atomic E-state index is 4.75. The van der Waals surface area contributed by atoms with Crippen LogP contribution in [0.3, 0.4) is 0 Å². The normalized spacial score (nSPS) is 9.62. The van der Waals surface area contributed by atoms with Crippen LogP contribution in [-0.2, 0) is 11.3 Å². The molecule has 1 radical (unpaired) electrons. The average molecular weight is 129 g/mol. The Labute approximate surface area is 51.5 Å². The standard InChI is InChI=1S/C4H5N2OS/c1-7-2-4-5-3-8-6-4/h2H2,1H3. The second-order valence-electron chi connectivity index (χ2n) is 1.23. The smallest absolute Gasteiger partial charge is 0.174 e. The summed E-state index contributed by atoms with van der Waals surface area (Å²) in [7, 11) is 1.61. The van der Waals surface area contributed by atoms with Crippen molar-refractivity contribution in [1.82, 2.24) is 9.36 Å². The van der Waals surface area contributed by atoms with Gasteiger partial charge in [0, 0.05) is 7.11 Å². The Balaban J connectivity index is 2.50. The third kappa shape index (κ3) is 1.24. The van der Waals surface area contributed by atoms with Gasteiger partial charge in [0.15, 0.2) is 11.3 Å². The number of rotatable bonds is 2. The highest BCUT2D eigenvalue weighted by atomic mass is 32.1. The molecule has 0 aliphatic heterocycles. The molecule has 0 spiro atoms. The zero-order chi connectivity index (χ0) is 5.82. The first-order chi connectivity index (χ1) is 3.93. The summed E-state index contributed by atoms with van der Waals surface area (Å²) in [5, 5.41) is 0. The fourth-order valence-electron chi connectivity index (χ4n) is 0.354. The number of ether oxygens (including phenoxy) is 1. The van der Waals surface area contributed by atoms with E-state index in [0.29, 0.717) is 12.4 Å². The van der Waals surface area contributed by atoms with Gasteiger partial charge in [0.2, 0.25) is 0 Å². The van der Waals surface area contributed by atoms with E-state index < -0.39 is 0 Å². The van der Waals surface area contributed by atoms with E-state index in [9.17, 15) is 0 Å². The maximum Gasteiger partial charge on any atom is 0.174 e. The SMILES string of the molecule is COCc1n[c]sn1. The van der Waals surface area contributed by atoms with E-state index in [1.807, 2.05) is 0 Å². The number of nitrogens with zero attached hydrogens (tertiary/aromatic N) is 2. The molecule has 1 rings (SSSR count). The van der Waals surface area contributed by atoms with Crippen LogP contribution in [0.25, 0.3) is 0 Å². The molecular weight excluding hydrogens is 124 g/mol. The van der Waals surface area contributed by atoms with Crippen LogP contribution in [0, 0.1) is 5.51 Å². The molecule has 0 unspecified atom stereocenters. The lowest BCUT2D eigenvalue weighted by molar-refractivity contribution is 0.179. The van der Waals surface area contributed by atoms with E-state index in [2.05, 4.69) is 14.9 Å². The molecule has 0 fully saturated rings. The van der Waals surface area contributed by atoms with Crippen LogP contribution in [0.5, 0.6) is 0 Å². The highest BCUT2D eigenvalue weighted by molar-refractivity contribution is 7.02. The molecular formula is C4H5N2OS. The highest BCUT2D eigenvalue weighted by Crippen LogP contribution is 1.92. The number of aromatic nitrogens is 2. The quantitative estimate of drug-likeness (QED) is 0.582. The van der Waals surface area contributed by atoms with Gasteiger partial charge in [0.1, 0.15) is 6.61 Å². The summed E-state index contributed by atoms with van der Waals surface area (Å²) in [5.74, 6) is 0.706. The lowest BCUT2D eigenvalue weighted by Gasteiger charge is -1.86. The van der Waals surface area contributed by atoms with Gasteiger partial charge in [-0.1, -0.05) is 0 Å². The molecule has 0 atom stereocenters. The molecule has 0 aliphatic carbocycles. The highest BCUT2D eigenvalue weighted by Gasteiger charge is 1.91. The van der Waals surface area contributed by atoms with Gasteiger partial charge in [-0.15, -0.1) is 0 Å². The van der Waals surface area contributed by atoms with Gasteiger partial charge in [0.05, 0.1) is 0 Å². The van der Waals surface area contributed by atoms with Crippen molar-refractivity contribution >= 4 is 11.5 Å². The molecule has 0 saturated heterocycles. The lowest BCUT2D eigenvalue weighted by atomic mass is 10.7. The van der Waals surface area contributed by atoms with E-state index >= 15 is 0 Å². The second kappa shape index (κ2) is 2.74. The fraction of sp³-hybridized carbons (Fsp3) is 0.500. The summed E-state index contributed by atoms with van der Waals surface area (Å²) in [5.41, 5.74) is 2.62. The van der Waals surface area contributed by atoms with Crippen LogP contribution in [0.2, 0.25) is 0 Å². The topological polar surface area (TPSA) is 35.0 Å². The Hall–Kier alpha value is -0.480. The molecule has 1 aromatic heterocycles. The first kappa shape index (κ1) is 5.65. The van der Waals surface area contributed by atoms with Gasteiger partial charge in [-0.25, -0.2) is 4.98 Å². The Morgan fingerprint density at radius 2 is 2.75 bits per heavy atom. The maximum atomic E-state index is 4.75. The molecule has 0 bridgehead atoms. The predicted molar refractivity (Wildman–Crippen MR) is 29.5 cm³/mol. The van der Waals surface area contributed by atoms with Crippen LogP contribution in [-0.4, -0.2) is 16.5 Å². The lowest BCUT2D eigenvalue weighted by Crippen LogP contribution is -1.87. The Morgan fingerprint density at radius 1 is 1.88 bits per heavy atom. The largest absolute Gasteiger partial charge is 0.377 e. The van der Waals surface area contributed by atoms with Crippen LogP contribution in [0.4, 0.5) is 0 Å². The summed E-state index contributed by atoms with van der Waals surface area (Å²) in [6.07, 6.45) is 0. The van der Waals surface area contributed by atoms with E-state index in [4.69, 9.17) is 4.74 Å². The molecule has 4 heteroatoms. The van der Waals surface area contributed by atoms with E-state index in [0.717, 1.165) is 0 Å². The molecule has 8 heavy (non-hydrogen) atoms. The minimum absolute atomic E-state index is 0.486. The second-order valence-corrected chi connectivity index (χ2v) is 1.78. The van der Waals surface area contributed by atoms with Crippen molar-refractivity contribution < 1.29 is 4.74 Å². The summed E-state index contributed by atoms with van der Waals surface area (Å²) < 4.78 is 8.60. The van der Waals surface area contributed by atoms with Crippen molar-refractivity contribution in [3.8, 4) is 0 Å². The van der Waals surface area contributed by atoms with Crippen molar-refractivity contribution in [2.24, 2.45) is 0 Å². The zero-order valence-electron chi connectivity index (χ0n) is 4.42. The molecule has 1 heterocycles. The van der Waals surface area contributed by atoms with E-state index in [-0.39, 0.29) is 0 Å². The van der Waals surface area contributed by atoms with Crippen LogP contribution >= 0.6 is 11.5 Å². The monoisotopic (exact) mass is 129 g/mol. The zero-order valence-corrected chi connectivity index (χ0v) is 5.23. The van der Waals surface area contributed by atoms with Gasteiger partial charge < -0.3 is 4.74 Å². The summed E-state index contributed by atoms with van der Waals surface area (Å²) in [4.78, 5) is 3.76. The summed E-state index contributed by atoms with van der Waals surface area (Å²) >= 11 is 1.21. The third-order valence-corrected chi connectivity index (χ3v) is 1.11. The summed E-state index contributed by atoms with van der Waals surface area (Å²) in [6, 6.07) is 0. The van der Waals surface area contributed by atoms with Crippen molar-refractivity contribution in [3.63, 3.8) is 0 Å². The van der Waals surface area contributed by atoms with E-state index in [1.165, 1.54) is 11.5 Å². The molecule has 1 aromatic rings. The molecule has 0 saturated carbocycles. The first-order valence-electron chi connectivity index (χ1n) is 2.11. The van der Waals surface area contributed by atoms with Crippen molar-refractivity contribution in [2.75, 3.05) is 7.11 Å². The molecule has 0 N–H and O–H groups in total. The average Bonchev–Trinajstić information content (AvgIpc) is 2.19. The van der Waals surface area contributed by atoms with Crippen LogP contribution < -0.4 is 0 Å². The third-order valence-electron chi connectivity index (χ3n) is 0.640. The Bertz CT molecular complexity index is 140. The van der Waals surface area contributed by atoms with Gasteiger partial charge in [-0.05, 0) is 11.5 Å². The molecule has 0 aromatic carbocycles. The van der Waals surface area contributed by atoms with Gasteiger partial charge >= 0.3 is 0 Å². The molecule has 0 amide bonds. The van der Waals surface area contributed by atoms with Gasteiger partial charge in [-0.3, -0.25) is 0 Å². The van der Waals surface area contributed by atoms with Gasteiger partial charge in [-0.2, -0.15) is 4.37 Å². The Morgan fingerprint density at radius 3 is 3.25 bits per heavy atom. The summed E-state index contributed by atoms with van der Waals surface area (Å²) in [6.45, 7) is 0.486. The molecule has 0 aliphatic rings. The predicted octanol–water partition coefficient (Wildman–Crippen LogP) is 0.485. The van der Waals surface area contributed by atoms with Crippen LogP contribution in [0.1, 0.15) is 5.82 Å². The van der Waals surface area contributed by atoms with Crippen LogP contribution in [0.15, 0.2) is 0 Å². The minimum Gasteiger partial charge on any atom is -0.377 e. The first-order valence-corrected chi connectivity index (χ1v) is 2.88. The molecule has 3 nitrogen and oxygen atoms in total. The van der Waals surface area contributed by atoms with E-state index in [1.54, 1.807) is 7.11 Å². The molecule has 43 valence electrons. The number of hydrogen-bond acceptors (Lipinski definition) is 4. The van der Waals surface area contributed by atoms with Crippen molar-refractivity contribution in [1.29, 1.82) is 0 Å². The number of methoxy groups -OCH3 is 1. The van der Waals surface area contributed by atoms with Crippen molar-refractivity contribution in [3.05, 3.63) is 11.3 Å².